The molecule has 0 aliphatic heterocycles. The number of nitrogens with zero attached hydrogens (tertiary/aromatic N) is 1. The zero-order chi connectivity index (χ0) is 15.6. The summed E-state index contributed by atoms with van der Waals surface area (Å²) >= 11 is 0. The summed E-state index contributed by atoms with van der Waals surface area (Å²) in [7, 11) is 0. The van der Waals surface area contributed by atoms with Crippen LogP contribution in [0.25, 0.3) is 10.9 Å². The SMILES string of the molecule is CC(C)(C)OC(=O)Nc1ccc2cc(C(=O)O)cnc2c1. The number of carbonyl (C=O) groups is 2. The number of amides is 1. The van der Waals surface area contributed by atoms with E-state index in [0.717, 1.165) is 0 Å². The Balaban J connectivity index is 2.22. The Bertz CT molecular complexity index is 704. The number of rotatable bonds is 2. The summed E-state index contributed by atoms with van der Waals surface area (Å²) in [6.07, 6.45) is 0.728. The number of ether oxygens (including phenoxy) is 1. The number of fused-ring (bicyclic) bond motifs is 1. The molecule has 0 bridgehead atoms. The number of pyridine rings is 1. The number of hydrogen-bond donors (Lipinski definition) is 2. The molecule has 2 N–H and O–H groups in total. The molecule has 0 radical (unpaired) electrons. The van der Waals surface area contributed by atoms with Crippen LogP contribution in [0.3, 0.4) is 0 Å². The summed E-state index contributed by atoms with van der Waals surface area (Å²) in [6, 6.07) is 6.55. The molecule has 1 amide bonds. The number of carboxylic acid groups (broad SMARTS) is 1. The van der Waals surface area contributed by atoms with E-state index in [1.807, 2.05) is 0 Å². The van der Waals surface area contributed by atoms with Crippen molar-refractivity contribution >= 4 is 28.7 Å². The number of aromatic carboxylic acids is 1. The van der Waals surface area contributed by atoms with E-state index in [9.17, 15) is 9.59 Å². The third-order valence-corrected chi connectivity index (χ3v) is 2.58. The van der Waals surface area contributed by atoms with Gasteiger partial charge >= 0.3 is 12.1 Å². The van der Waals surface area contributed by atoms with Crippen LogP contribution in [0.15, 0.2) is 30.5 Å². The van der Waals surface area contributed by atoms with Gasteiger partial charge in [-0.15, -0.1) is 0 Å². The van der Waals surface area contributed by atoms with Gasteiger partial charge in [0, 0.05) is 17.3 Å². The lowest BCUT2D eigenvalue weighted by atomic mass is 10.1. The molecule has 6 heteroatoms. The molecule has 2 aromatic rings. The fraction of sp³-hybridized carbons (Fsp3) is 0.267. The Morgan fingerprint density at radius 3 is 2.57 bits per heavy atom. The highest BCUT2D eigenvalue weighted by molar-refractivity contribution is 5.94. The monoisotopic (exact) mass is 288 g/mol. The topological polar surface area (TPSA) is 88.5 Å². The number of hydrogen-bond acceptors (Lipinski definition) is 4. The second kappa shape index (κ2) is 5.40. The molecule has 1 heterocycles. The predicted octanol–water partition coefficient (Wildman–Crippen LogP) is 3.28. The summed E-state index contributed by atoms with van der Waals surface area (Å²) in [5, 5.41) is 12.2. The van der Waals surface area contributed by atoms with Crippen LogP contribution in [0.4, 0.5) is 10.5 Å². The average molecular weight is 288 g/mol. The molecular weight excluding hydrogens is 272 g/mol. The van der Waals surface area contributed by atoms with Crippen LogP contribution in [-0.2, 0) is 4.74 Å². The first-order chi connectivity index (χ1) is 9.74. The maximum absolute atomic E-state index is 11.7. The molecule has 0 aliphatic rings. The van der Waals surface area contributed by atoms with Gasteiger partial charge in [-0.25, -0.2) is 9.59 Å². The van der Waals surface area contributed by atoms with E-state index in [0.29, 0.717) is 16.6 Å². The van der Waals surface area contributed by atoms with Gasteiger partial charge in [0.1, 0.15) is 5.60 Å². The van der Waals surface area contributed by atoms with Crippen molar-refractivity contribution in [2.24, 2.45) is 0 Å². The van der Waals surface area contributed by atoms with Crippen molar-refractivity contribution in [3.05, 3.63) is 36.0 Å². The highest BCUT2D eigenvalue weighted by atomic mass is 16.6. The Morgan fingerprint density at radius 1 is 1.24 bits per heavy atom. The van der Waals surface area contributed by atoms with Gasteiger partial charge in [0.15, 0.2) is 0 Å². The maximum Gasteiger partial charge on any atom is 0.412 e. The average Bonchev–Trinajstić information content (AvgIpc) is 2.35. The first-order valence-corrected chi connectivity index (χ1v) is 6.38. The van der Waals surface area contributed by atoms with Gasteiger partial charge in [0.25, 0.3) is 0 Å². The fourth-order valence-corrected chi connectivity index (χ4v) is 1.74. The van der Waals surface area contributed by atoms with E-state index in [2.05, 4.69) is 10.3 Å². The first-order valence-electron chi connectivity index (χ1n) is 6.38. The minimum atomic E-state index is -1.03. The lowest BCUT2D eigenvalue weighted by molar-refractivity contribution is 0.0634. The smallest absolute Gasteiger partial charge is 0.412 e. The molecule has 1 aromatic heterocycles. The van der Waals surface area contributed by atoms with Crippen molar-refractivity contribution in [1.29, 1.82) is 0 Å². The lowest BCUT2D eigenvalue weighted by Crippen LogP contribution is -2.27. The molecule has 0 unspecified atom stereocenters. The van der Waals surface area contributed by atoms with E-state index in [1.54, 1.807) is 39.0 Å². The quantitative estimate of drug-likeness (QED) is 0.885. The van der Waals surface area contributed by atoms with Gasteiger partial charge in [-0.1, -0.05) is 6.07 Å². The Kier molecular flexibility index (Phi) is 3.80. The Labute approximate surface area is 121 Å². The number of carbonyl (C=O) groups excluding carboxylic acids is 1. The van der Waals surface area contributed by atoms with E-state index >= 15 is 0 Å². The summed E-state index contributed by atoms with van der Waals surface area (Å²) < 4.78 is 5.16. The van der Waals surface area contributed by atoms with Gasteiger partial charge < -0.3 is 9.84 Å². The predicted molar refractivity (Wildman–Crippen MR) is 78.6 cm³/mol. The molecule has 0 saturated heterocycles. The number of aromatic nitrogens is 1. The standard InChI is InChI=1S/C15H16N2O4/c1-15(2,3)21-14(20)17-11-5-4-9-6-10(13(18)19)8-16-12(9)7-11/h4-8H,1-3H3,(H,17,20)(H,18,19). The number of anilines is 1. The van der Waals surface area contributed by atoms with Crippen molar-refractivity contribution < 1.29 is 19.4 Å². The fourth-order valence-electron chi connectivity index (χ4n) is 1.74. The Hall–Kier alpha value is -2.63. The minimum absolute atomic E-state index is 0.121. The zero-order valence-corrected chi connectivity index (χ0v) is 12.0. The largest absolute Gasteiger partial charge is 0.478 e. The maximum atomic E-state index is 11.7. The van der Waals surface area contributed by atoms with Gasteiger partial charge in [-0.2, -0.15) is 0 Å². The van der Waals surface area contributed by atoms with Crippen molar-refractivity contribution in [1.82, 2.24) is 4.98 Å². The van der Waals surface area contributed by atoms with Crippen LogP contribution >= 0.6 is 0 Å². The molecule has 21 heavy (non-hydrogen) atoms. The van der Waals surface area contributed by atoms with E-state index < -0.39 is 17.7 Å². The van der Waals surface area contributed by atoms with Crippen LogP contribution in [0.2, 0.25) is 0 Å². The van der Waals surface area contributed by atoms with Gasteiger partial charge in [0.05, 0.1) is 11.1 Å². The molecule has 110 valence electrons. The van der Waals surface area contributed by atoms with Gasteiger partial charge in [-0.05, 0) is 39.0 Å². The molecule has 6 nitrogen and oxygen atoms in total. The third-order valence-electron chi connectivity index (χ3n) is 2.58. The van der Waals surface area contributed by atoms with Crippen LogP contribution in [0.5, 0.6) is 0 Å². The summed E-state index contributed by atoms with van der Waals surface area (Å²) in [4.78, 5) is 26.6. The molecule has 0 fully saturated rings. The molecular formula is C15H16N2O4. The normalized spacial score (nSPS) is 11.2. The van der Waals surface area contributed by atoms with Gasteiger partial charge in [-0.3, -0.25) is 10.3 Å². The van der Waals surface area contributed by atoms with E-state index in [-0.39, 0.29) is 5.56 Å². The van der Waals surface area contributed by atoms with Crippen LogP contribution < -0.4 is 5.32 Å². The lowest BCUT2D eigenvalue weighted by Gasteiger charge is -2.19. The van der Waals surface area contributed by atoms with E-state index in [4.69, 9.17) is 9.84 Å². The molecule has 0 aliphatic carbocycles. The molecule has 0 saturated carbocycles. The second-order valence-electron chi connectivity index (χ2n) is 5.56. The van der Waals surface area contributed by atoms with Crippen LogP contribution in [0, 0.1) is 0 Å². The van der Waals surface area contributed by atoms with E-state index in [1.165, 1.54) is 12.3 Å². The third kappa shape index (κ3) is 3.92. The second-order valence-corrected chi connectivity index (χ2v) is 5.56. The highest BCUT2D eigenvalue weighted by Crippen LogP contribution is 2.19. The number of benzene rings is 1. The zero-order valence-electron chi connectivity index (χ0n) is 12.0. The van der Waals surface area contributed by atoms with Crippen molar-refractivity contribution in [3.8, 4) is 0 Å². The summed E-state index contributed by atoms with van der Waals surface area (Å²) in [6.45, 7) is 5.34. The highest BCUT2D eigenvalue weighted by Gasteiger charge is 2.16. The van der Waals surface area contributed by atoms with Gasteiger partial charge in [0.2, 0.25) is 0 Å². The van der Waals surface area contributed by atoms with Crippen molar-refractivity contribution in [2.75, 3.05) is 5.32 Å². The first kappa shape index (κ1) is 14.8. The summed E-state index contributed by atoms with van der Waals surface area (Å²) in [5.74, 6) is -1.03. The molecule has 2 rings (SSSR count). The van der Waals surface area contributed by atoms with Crippen LogP contribution in [0.1, 0.15) is 31.1 Å². The van der Waals surface area contributed by atoms with Crippen molar-refractivity contribution in [3.63, 3.8) is 0 Å². The number of nitrogens with one attached hydrogen (secondary N) is 1. The molecule has 1 aromatic carbocycles. The minimum Gasteiger partial charge on any atom is -0.478 e. The molecule has 0 atom stereocenters. The molecule has 0 spiro atoms. The van der Waals surface area contributed by atoms with Crippen LogP contribution in [-0.4, -0.2) is 27.8 Å². The van der Waals surface area contributed by atoms with Crippen molar-refractivity contribution in [2.45, 2.75) is 26.4 Å². The number of carboxylic acids is 1. The summed E-state index contributed by atoms with van der Waals surface area (Å²) in [5.41, 5.74) is 0.673. The Morgan fingerprint density at radius 2 is 1.95 bits per heavy atom.